The van der Waals surface area contributed by atoms with E-state index in [2.05, 4.69) is 51.4 Å². The molecule has 2 heterocycles. The molecule has 0 radical (unpaired) electrons. The number of hydrogen-bond acceptors (Lipinski definition) is 5. The Balaban J connectivity index is 1.72. The fourth-order valence-corrected chi connectivity index (χ4v) is 5.29. The Morgan fingerprint density at radius 3 is 2.75 bits per heavy atom. The molecule has 1 unspecified atom stereocenters. The zero-order chi connectivity index (χ0) is 19.9. The zero-order valence-electron chi connectivity index (χ0n) is 17.2. The van der Waals surface area contributed by atoms with Gasteiger partial charge in [-0.05, 0) is 43.6 Å². The lowest BCUT2D eigenvalue weighted by Gasteiger charge is -2.26. The van der Waals surface area contributed by atoms with E-state index in [4.69, 9.17) is 0 Å². The van der Waals surface area contributed by atoms with Crippen LogP contribution >= 0.6 is 23.1 Å². The van der Waals surface area contributed by atoms with Crippen LogP contribution in [0.25, 0.3) is 0 Å². The van der Waals surface area contributed by atoms with Gasteiger partial charge < -0.3 is 9.88 Å². The van der Waals surface area contributed by atoms with Gasteiger partial charge in [-0.15, -0.1) is 21.5 Å². The highest BCUT2D eigenvalue weighted by atomic mass is 32.2. The van der Waals surface area contributed by atoms with E-state index in [1.54, 1.807) is 23.1 Å². The number of thiophene rings is 1. The lowest BCUT2D eigenvalue weighted by atomic mass is 9.95. The molecule has 1 aliphatic rings. The summed E-state index contributed by atoms with van der Waals surface area (Å²) in [5.41, 5.74) is 0. The maximum Gasteiger partial charge on any atom is 0.233 e. The molecule has 1 N–H and O–H groups in total. The van der Waals surface area contributed by atoms with E-state index in [0.29, 0.717) is 12.0 Å². The summed E-state index contributed by atoms with van der Waals surface area (Å²) >= 11 is 3.31. The van der Waals surface area contributed by atoms with Crippen molar-refractivity contribution in [2.75, 3.05) is 6.54 Å². The topological polar surface area (TPSA) is 59.8 Å². The first-order chi connectivity index (χ1) is 13.5. The molecule has 7 heteroatoms. The van der Waals surface area contributed by atoms with Crippen molar-refractivity contribution in [1.29, 1.82) is 0 Å². The van der Waals surface area contributed by atoms with Crippen molar-refractivity contribution in [2.24, 2.45) is 5.92 Å². The van der Waals surface area contributed by atoms with Crippen LogP contribution in [0.4, 0.5) is 0 Å². The van der Waals surface area contributed by atoms with Gasteiger partial charge in [-0.3, -0.25) is 4.79 Å². The van der Waals surface area contributed by atoms with Crippen molar-refractivity contribution < 1.29 is 4.79 Å². The third-order valence-electron chi connectivity index (χ3n) is 5.26. The molecule has 1 aliphatic carbocycles. The van der Waals surface area contributed by atoms with Crippen LogP contribution in [0.5, 0.6) is 0 Å². The Labute approximate surface area is 176 Å². The summed E-state index contributed by atoms with van der Waals surface area (Å²) < 4.78 is 2.33. The van der Waals surface area contributed by atoms with Crippen LogP contribution in [-0.2, 0) is 11.2 Å². The summed E-state index contributed by atoms with van der Waals surface area (Å²) in [5, 5.41) is 14.9. The van der Waals surface area contributed by atoms with Crippen LogP contribution in [0.1, 0.15) is 76.0 Å². The number of carbonyl (C=O) groups excluding carboxylic acids is 1. The molecule has 1 amide bonds. The predicted octanol–water partition coefficient (Wildman–Crippen LogP) is 5.08. The molecule has 5 nitrogen and oxygen atoms in total. The summed E-state index contributed by atoms with van der Waals surface area (Å²) in [5.74, 6) is 1.71. The molecule has 0 spiro atoms. The second-order valence-corrected chi connectivity index (χ2v) is 10.4. The highest BCUT2D eigenvalue weighted by molar-refractivity contribution is 8.00. The molecule has 28 heavy (non-hydrogen) atoms. The van der Waals surface area contributed by atoms with Gasteiger partial charge in [0.1, 0.15) is 5.82 Å². The molecule has 2 aromatic heterocycles. The largest absolute Gasteiger partial charge is 0.355 e. The minimum absolute atomic E-state index is 0.0867. The fourth-order valence-electron chi connectivity index (χ4n) is 3.62. The van der Waals surface area contributed by atoms with Gasteiger partial charge in [-0.2, -0.15) is 0 Å². The predicted molar refractivity (Wildman–Crippen MR) is 117 cm³/mol. The minimum atomic E-state index is -0.173. The first kappa shape index (κ1) is 21.4. The van der Waals surface area contributed by atoms with E-state index in [-0.39, 0.29) is 11.2 Å². The summed E-state index contributed by atoms with van der Waals surface area (Å²) in [6.07, 6.45) is 8.02. The van der Waals surface area contributed by atoms with E-state index in [1.165, 1.54) is 37.0 Å². The Morgan fingerprint density at radius 2 is 2.07 bits per heavy atom. The van der Waals surface area contributed by atoms with E-state index in [1.807, 2.05) is 6.92 Å². The SMILES string of the molecule is CC(C)CCNC(=O)C(C)Sc1nnc(Cc2cccs2)n1C1CCCCC1. The normalized spacial score (nSPS) is 16.4. The number of amides is 1. The quantitative estimate of drug-likeness (QED) is 0.575. The van der Waals surface area contributed by atoms with E-state index >= 15 is 0 Å². The number of thioether (sulfide) groups is 1. The summed E-state index contributed by atoms with van der Waals surface area (Å²) in [6.45, 7) is 7.05. The van der Waals surface area contributed by atoms with Gasteiger partial charge in [0.25, 0.3) is 0 Å². The second kappa shape index (κ2) is 10.4. The number of nitrogens with one attached hydrogen (secondary N) is 1. The Bertz CT molecular complexity index is 736. The van der Waals surface area contributed by atoms with E-state index < -0.39 is 0 Å². The van der Waals surface area contributed by atoms with Gasteiger partial charge in [0.2, 0.25) is 5.91 Å². The highest BCUT2D eigenvalue weighted by Crippen LogP contribution is 2.34. The van der Waals surface area contributed by atoms with Crippen LogP contribution in [0, 0.1) is 5.92 Å². The number of aromatic nitrogens is 3. The Morgan fingerprint density at radius 1 is 1.29 bits per heavy atom. The summed E-state index contributed by atoms with van der Waals surface area (Å²) in [4.78, 5) is 13.8. The molecular weight excluding hydrogens is 388 g/mol. The summed E-state index contributed by atoms with van der Waals surface area (Å²) in [6, 6.07) is 4.69. The van der Waals surface area contributed by atoms with Crippen LogP contribution in [0.3, 0.4) is 0 Å². The van der Waals surface area contributed by atoms with Crippen LogP contribution < -0.4 is 5.32 Å². The van der Waals surface area contributed by atoms with Crippen LogP contribution in [0.2, 0.25) is 0 Å². The first-order valence-electron chi connectivity index (χ1n) is 10.4. The van der Waals surface area contributed by atoms with Gasteiger partial charge in [0, 0.05) is 23.9 Å². The van der Waals surface area contributed by atoms with Crippen molar-refractivity contribution in [2.45, 2.75) is 82.2 Å². The highest BCUT2D eigenvalue weighted by Gasteiger charge is 2.26. The maximum atomic E-state index is 12.5. The van der Waals surface area contributed by atoms with Gasteiger partial charge >= 0.3 is 0 Å². The van der Waals surface area contributed by atoms with E-state index in [9.17, 15) is 4.79 Å². The molecular formula is C21H32N4OS2. The van der Waals surface area contributed by atoms with Crippen molar-refractivity contribution in [3.8, 4) is 0 Å². The molecule has 0 aliphatic heterocycles. The van der Waals surface area contributed by atoms with Crippen molar-refractivity contribution in [3.63, 3.8) is 0 Å². The molecule has 0 bridgehead atoms. The van der Waals surface area contributed by atoms with Gasteiger partial charge in [0.15, 0.2) is 5.16 Å². The average Bonchev–Trinajstić information content (AvgIpc) is 3.32. The first-order valence-corrected chi connectivity index (χ1v) is 12.2. The zero-order valence-corrected chi connectivity index (χ0v) is 18.8. The number of rotatable bonds is 9. The van der Waals surface area contributed by atoms with E-state index in [0.717, 1.165) is 30.4 Å². The fraction of sp³-hybridized carbons (Fsp3) is 0.667. The molecule has 2 aromatic rings. The molecule has 154 valence electrons. The monoisotopic (exact) mass is 420 g/mol. The van der Waals surface area contributed by atoms with Gasteiger partial charge in [-0.1, -0.05) is 50.9 Å². The molecule has 0 aromatic carbocycles. The minimum Gasteiger partial charge on any atom is -0.355 e. The van der Waals surface area contributed by atoms with Gasteiger partial charge in [0.05, 0.1) is 5.25 Å². The van der Waals surface area contributed by atoms with Gasteiger partial charge in [-0.25, -0.2) is 0 Å². The summed E-state index contributed by atoms with van der Waals surface area (Å²) in [7, 11) is 0. The molecule has 1 fully saturated rings. The average molecular weight is 421 g/mol. The van der Waals surface area contributed by atoms with Crippen LogP contribution in [-0.4, -0.2) is 32.5 Å². The van der Waals surface area contributed by atoms with Crippen molar-refractivity contribution in [1.82, 2.24) is 20.1 Å². The third kappa shape index (κ3) is 5.83. The lowest BCUT2D eigenvalue weighted by molar-refractivity contribution is -0.120. The number of hydrogen-bond donors (Lipinski definition) is 1. The molecule has 1 atom stereocenters. The number of nitrogens with zero attached hydrogens (tertiary/aromatic N) is 3. The molecule has 0 saturated heterocycles. The Hall–Kier alpha value is -1.34. The number of carbonyl (C=O) groups is 1. The maximum absolute atomic E-state index is 12.5. The third-order valence-corrected chi connectivity index (χ3v) is 7.19. The second-order valence-electron chi connectivity index (χ2n) is 8.05. The smallest absolute Gasteiger partial charge is 0.233 e. The molecule has 1 saturated carbocycles. The lowest BCUT2D eigenvalue weighted by Crippen LogP contribution is -2.32. The Kier molecular flexibility index (Phi) is 7.97. The van der Waals surface area contributed by atoms with Crippen molar-refractivity contribution in [3.05, 3.63) is 28.2 Å². The molecule has 3 rings (SSSR count). The van der Waals surface area contributed by atoms with Crippen molar-refractivity contribution >= 4 is 29.0 Å². The standard InChI is InChI=1S/C21H32N4OS2/c1-15(2)11-12-22-20(26)16(3)28-21-24-23-19(14-18-10-7-13-27-18)25(21)17-8-5-4-6-9-17/h7,10,13,15-17H,4-6,8-9,11-12,14H2,1-3H3,(H,22,26). The van der Waals surface area contributed by atoms with Crippen LogP contribution in [0.15, 0.2) is 22.7 Å².